The lowest BCUT2D eigenvalue weighted by atomic mass is 10.1. The lowest BCUT2D eigenvalue weighted by Gasteiger charge is -2.14. The van der Waals surface area contributed by atoms with Crippen LogP contribution >= 0.6 is 24.0 Å². The molecule has 0 radical (unpaired) electrons. The first kappa shape index (κ1) is 27.4. The van der Waals surface area contributed by atoms with Gasteiger partial charge in [0, 0.05) is 0 Å². The second-order valence-electron chi connectivity index (χ2n) is 8.74. The number of ether oxygens (including phenoxy) is 2. The molecule has 1 saturated heterocycles. The van der Waals surface area contributed by atoms with Crippen molar-refractivity contribution in [3.63, 3.8) is 0 Å². The second kappa shape index (κ2) is 13.8. The van der Waals surface area contributed by atoms with Crippen molar-refractivity contribution in [3.8, 4) is 11.5 Å². The number of nitrogens with zero attached hydrogens (tertiary/aromatic N) is 1. The summed E-state index contributed by atoms with van der Waals surface area (Å²) in [5.41, 5.74) is 3.27. The number of hydrogen-bond acceptors (Lipinski definition) is 6. The molecule has 1 N–H and O–H groups in total. The van der Waals surface area contributed by atoms with E-state index in [1.54, 1.807) is 6.08 Å². The zero-order valence-electron chi connectivity index (χ0n) is 20.9. The van der Waals surface area contributed by atoms with Gasteiger partial charge in [-0.2, -0.15) is 0 Å². The Morgan fingerprint density at radius 2 is 1.45 bits per heavy atom. The number of aryl methyl sites for hydroxylation is 2. The van der Waals surface area contributed by atoms with Crippen LogP contribution in [0, 0.1) is 0 Å². The first-order valence-corrected chi connectivity index (χ1v) is 13.7. The van der Waals surface area contributed by atoms with Gasteiger partial charge in [-0.3, -0.25) is 14.5 Å². The van der Waals surface area contributed by atoms with Crippen LogP contribution in [-0.4, -0.2) is 46.0 Å². The number of carbonyl (C=O) groups is 2. The minimum Gasteiger partial charge on any atom is -0.490 e. The van der Waals surface area contributed by atoms with E-state index in [-0.39, 0.29) is 4.32 Å². The molecule has 0 aromatic heterocycles. The quantitative estimate of drug-likeness (QED) is 0.160. The molecule has 196 valence electrons. The Labute approximate surface area is 232 Å². The van der Waals surface area contributed by atoms with Gasteiger partial charge in [-0.1, -0.05) is 90.7 Å². The van der Waals surface area contributed by atoms with E-state index in [2.05, 4.69) is 24.3 Å². The molecule has 0 aliphatic carbocycles. The van der Waals surface area contributed by atoms with Crippen LogP contribution < -0.4 is 9.47 Å². The van der Waals surface area contributed by atoms with Crippen LogP contribution in [0.2, 0.25) is 0 Å². The highest BCUT2D eigenvalue weighted by Crippen LogP contribution is 2.35. The number of carboxylic acid groups (broad SMARTS) is 1. The van der Waals surface area contributed by atoms with Crippen molar-refractivity contribution < 1.29 is 24.2 Å². The van der Waals surface area contributed by atoms with E-state index in [9.17, 15) is 9.59 Å². The third kappa shape index (κ3) is 7.94. The first-order valence-electron chi connectivity index (χ1n) is 12.4. The molecule has 1 aliphatic rings. The Balaban J connectivity index is 1.43. The fraction of sp³-hybridized carbons (Fsp3) is 0.233. The van der Waals surface area contributed by atoms with Crippen molar-refractivity contribution in [3.05, 3.63) is 100 Å². The predicted octanol–water partition coefficient (Wildman–Crippen LogP) is 6.00. The topological polar surface area (TPSA) is 76.1 Å². The van der Waals surface area contributed by atoms with E-state index >= 15 is 0 Å². The van der Waals surface area contributed by atoms with Crippen molar-refractivity contribution in [2.75, 3.05) is 19.8 Å². The maximum atomic E-state index is 12.7. The van der Waals surface area contributed by atoms with Crippen LogP contribution in [0.5, 0.6) is 11.5 Å². The summed E-state index contributed by atoms with van der Waals surface area (Å²) < 4.78 is 12.5. The standard InChI is InChI=1S/C30H29NO5S2/c32-28(33)21-31-29(34)27(38-30(31)37)20-24-15-16-25(35-17-7-13-22-9-3-1-4-10-22)26(19-24)36-18-8-14-23-11-5-2-6-12-23/h1-6,9-12,15-16,19-20H,7-8,13-14,17-18,21H2,(H,32,33)/b27-20-. The van der Waals surface area contributed by atoms with Crippen LogP contribution in [-0.2, 0) is 22.4 Å². The Hall–Kier alpha value is -3.62. The number of carboxylic acids is 1. The molecule has 8 heteroatoms. The number of amides is 1. The van der Waals surface area contributed by atoms with Gasteiger partial charge in [-0.15, -0.1) is 0 Å². The smallest absolute Gasteiger partial charge is 0.323 e. The second-order valence-corrected chi connectivity index (χ2v) is 10.4. The number of thiocarbonyl (C=S) groups is 1. The fourth-order valence-electron chi connectivity index (χ4n) is 3.98. The maximum absolute atomic E-state index is 12.7. The monoisotopic (exact) mass is 547 g/mol. The van der Waals surface area contributed by atoms with Crippen LogP contribution in [0.4, 0.5) is 0 Å². The van der Waals surface area contributed by atoms with Gasteiger partial charge < -0.3 is 14.6 Å². The summed E-state index contributed by atoms with van der Waals surface area (Å²) in [5, 5.41) is 9.07. The van der Waals surface area contributed by atoms with E-state index in [1.165, 1.54) is 11.1 Å². The molecule has 0 saturated carbocycles. The van der Waals surface area contributed by atoms with Gasteiger partial charge in [-0.05, 0) is 60.6 Å². The van der Waals surface area contributed by atoms with Gasteiger partial charge in [-0.25, -0.2) is 0 Å². The summed E-state index contributed by atoms with van der Waals surface area (Å²) >= 11 is 6.30. The van der Waals surface area contributed by atoms with Crippen molar-refractivity contribution in [2.24, 2.45) is 0 Å². The summed E-state index contributed by atoms with van der Waals surface area (Å²) in [6, 6.07) is 26.1. The highest BCUT2D eigenvalue weighted by molar-refractivity contribution is 8.26. The van der Waals surface area contributed by atoms with E-state index in [1.807, 2.05) is 54.6 Å². The molecule has 3 aromatic rings. The molecule has 4 rings (SSSR count). The van der Waals surface area contributed by atoms with Crippen LogP contribution in [0.25, 0.3) is 6.08 Å². The van der Waals surface area contributed by atoms with Gasteiger partial charge in [0.25, 0.3) is 5.91 Å². The number of hydrogen-bond donors (Lipinski definition) is 1. The zero-order chi connectivity index (χ0) is 26.7. The number of aliphatic carboxylic acids is 1. The van der Waals surface area contributed by atoms with Crippen molar-refractivity contribution in [1.29, 1.82) is 0 Å². The Kier molecular flexibility index (Phi) is 9.95. The SMILES string of the molecule is O=C(O)CN1C(=O)/C(=C/c2ccc(OCCCc3ccccc3)c(OCCCc3ccccc3)c2)SC1=S. The maximum Gasteiger partial charge on any atom is 0.323 e. The minimum atomic E-state index is -1.11. The third-order valence-electron chi connectivity index (χ3n) is 5.85. The van der Waals surface area contributed by atoms with Gasteiger partial charge in [0.05, 0.1) is 18.1 Å². The van der Waals surface area contributed by atoms with E-state index in [4.69, 9.17) is 26.8 Å². The summed E-state index contributed by atoms with van der Waals surface area (Å²) in [6.45, 7) is 0.607. The molecule has 6 nitrogen and oxygen atoms in total. The first-order chi connectivity index (χ1) is 18.5. The minimum absolute atomic E-state index is 0.236. The Bertz CT molecular complexity index is 1290. The van der Waals surface area contributed by atoms with Crippen LogP contribution in [0.15, 0.2) is 83.8 Å². The van der Waals surface area contributed by atoms with Crippen molar-refractivity contribution in [1.82, 2.24) is 4.90 Å². The molecule has 1 fully saturated rings. The van der Waals surface area contributed by atoms with Gasteiger partial charge in [0.2, 0.25) is 0 Å². The van der Waals surface area contributed by atoms with Crippen LogP contribution in [0.1, 0.15) is 29.5 Å². The normalized spacial score (nSPS) is 14.2. The molecule has 1 aliphatic heterocycles. The molecular formula is C30H29NO5S2. The van der Waals surface area contributed by atoms with E-state index < -0.39 is 18.4 Å². The highest BCUT2D eigenvalue weighted by Gasteiger charge is 2.33. The fourth-order valence-corrected chi connectivity index (χ4v) is 5.23. The lowest BCUT2D eigenvalue weighted by Crippen LogP contribution is -2.33. The highest BCUT2D eigenvalue weighted by atomic mass is 32.2. The van der Waals surface area contributed by atoms with E-state index in [0.29, 0.717) is 29.6 Å². The van der Waals surface area contributed by atoms with Gasteiger partial charge in [0.1, 0.15) is 10.9 Å². The van der Waals surface area contributed by atoms with Crippen molar-refractivity contribution >= 4 is 46.3 Å². The summed E-state index contributed by atoms with van der Waals surface area (Å²) in [4.78, 5) is 25.2. The van der Waals surface area contributed by atoms with Crippen LogP contribution in [0.3, 0.4) is 0 Å². The molecule has 1 amide bonds. The number of thioether (sulfide) groups is 1. The van der Waals surface area contributed by atoms with E-state index in [0.717, 1.165) is 47.9 Å². The Morgan fingerprint density at radius 3 is 2.03 bits per heavy atom. The van der Waals surface area contributed by atoms with Crippen molar-refractivity contribution in [2.45, 2.75) is 25.7 Å². The molecule has 0 atom stereocenters. The zero-order valence-corrected chi connectivity index (χ0v) is 22.5. The lowest BCUT2D eigenvalue weighted by molar-refractivity contribution is -0.140. The largest absolute Gasteiger partial charge is 0.490 e. The van der Waals surface area contributed by atoms with Gasteiger partial charge >= 0.3 is 5.97 Å². The molecule has 0 spiro atoms. The third-order valence-corrected chi connectivity index (χ3v) is 7.23. The Morgan fingerprint density at radius 1 is 0.868 bits per heavy atom. The molecule has 1 heterocycles. The average Bonchev–Trinajstić information content (AvgIpc) is 3.18. The molecule has 38 heavy (non-hydrogen) atoms. The molecule has 0 unspecified atom stereocenters. The number of carbonyl (C=O) groups excluding carboxylic acids is 1. The summed E-state index contributed by atoms with van der Waals surface area (Å²) in [6.07, 6.45) is 5.24. The summed E-state index contributed by atoms with van der Waals surface area (Å²) in [5.74, 6) is -0.266. The summed E-state index contributed by atoms with van der Waals surface area (Å²) in [7, 11) is 0. The molecular weight excluding hydrogens is 518 g/mol. The van der Waals surface area contributed by atoms with Gasteiger partial charge in [0.15, 0.2) is 11.5 Å². The predicted molar refractivity (Wildman–Crippen MR) is 154 cm³/mol. The molecule has 3 aromatic carbocycles. The molecule has 0 bridgehead atoms. The average molecular weight is 548 g/mol. The number of benzene rings is 3. The number of rotatable bonds is 13.